The summed E-state index contributed by atoms with van der Waals surface area (Å²) < 4.78 is 1.65. The number of H-pyrrole nitrogens is 1. The van der Waals surface area contributed by atoms with Crippen LogP contribution in [-0.2, 0) is 7.05 Å². The monoisotopic (exact) mass is 330 g/mol. The number of nitrogens with zero attached hydrogens (tertiary/aromatic N) is 4. The SMILES string of the molecule is CNC(=O)c1cc(=O)[nH]c(C2CCCN2C(=O)c2nccn2C)n1. The fourth-order valence-electron chi connectivity index (χ4n) is 2.87. The van der Waals surface area contributed by atoms with Crippen LogP contribution in [0, 0.1) is 0 Å². The van der Waals surface area contributed by atoms with Crippen LogP contribution in [0.1, 0.15) is 45.8 Å². The third-order valence-corrected chi connectivity index (χ3v) is 4.06. The van der Waals surface area contributed by atoms with Crippen LogP contribution in [0.15, 0.2) is 23.3 Å². The first kappa shape index (κ1) is 15.9. The van der Waals surface area contributed by atoms with E-state index in [0.717, 1.165) is 12.5 Å². The van der Waals surface area contributed by atoms with E-state index < -0.39 is 11.5 Å². The number of carbonyl (C=O) groups is 2. The smallest absolute Gasteiger partial charge is 0.290 e. The van der Waals surface area contributed by atoms with Gasteiger partial charge in [0.05, 0.1) is 6.04 Å². The Kier molecular flexibility index (Phi) is 4.15. The molecule has 1 aliphatic heterocycles. The second-order valence-corrected chi connectivity index (χ2v) is 5.61. The maximum absolute atomic E-state index is 12.7. The topological polar surface area (TPSA) is 113 Å². The molecule has 2 aromatic heterocycles. The first-order chi connectivity index (χ1) is 11.5. The van der Waals surface area contributed by atoms with E-state index in [1.165, 1.54) is 7.05 Å². The number of nitrogens with one attached hydrogen (secondary N) is 2. The number of aromatic amines is 1. The third kappa shape index (κ3) is 2.80. The Balaban J connectivity index is 1.95. The second-order valence-electron chi connectivity index (χ2n) is 5.61. The molecule has 2 N–H and O–H groups in total. The van der Waals surface area contributed by atoms with Gasteiger partial charge < -0.3 is 19.8 Å². The molecule has 2 amide bonds. The average Bonchev–Trinajstić information content (AvgIpc) is 3.21. The van der Waals surface area contributed by atoms with Gasteiger partial charge in [0.25, 0.3) is 17.4 Å². The first-order valence-electron chi connectivity index (χ1n) is 7.63. The molecule has 3 rings (SSSR count). The molecule has 0 aliphatic carbocycles. The lowest BCUT2D eigenvalue weighted by Crippen LogP contribution is -2.34. The molecule has 9 heteroatoms. The Bertz CT molecular complexity index is 840. The highest BCUT2D eigenvalue weighted by Gasteiger charge is 2.34. The fraction of sp³-hybridized carbons (Fsp3) is 0.400. The van der Waals surface area contributed by atoms with Crippen molar-refractivity contribution < 1.29 is 9.59 Å². The molecule has 9 nitrogen and oxygen atoms in total. The summed E-state index contributed by atoms with van der Waals surface area (Å²) >= 11 is 0. The van der Waals surface area contributed by atoms with Crippen LogP contribution in [0.5, 0.6) is 0 Å². The largest absolute Gasteiger partial charge is 0.354 e. The molecule has 0 radical (unpaired) electrons. The average molecular weight is 330 g/mol. The van der Waals surface area contributed by atoms with E-state index in [2.05, 4.69) is 20.3 Å². The lowest BCUT2D eigenvalue weighted by molar-refractivity contribution is 0.0713. The summed E-state index contributed by atoms with van der Waals surface area (Å²) in [6, 6.07) is 0.758. The highest BCUT2D eigenvalue weighted by molar-refractivity contribution is 5.92. The minimum absolute atomic E-state index is 0.0348. The third-order valence-electron chi connectivity index (χ3n) is 4.06. The van der Waals surface area contributed by atoms with Gasteiger partial charge in [-0.05, 0) is 12.8 Å². The summed E-state index contributed by atoms with van der Waals surface area (Å²) in [7, 11) is 3.22. The van der Waals surface area contributed by atoms with Crippen LogP contribution in [0.4, 0.5) is 0 Å². The predicted octanol–water partition coefficient (Wildman–Crippen LogP) is -0.160. The molecule has 3 heterocycles. The number of aromatic nitrogens is 4. The molecule has 1 saturated heterocycles. The Morgan fingerprint density at radius 1 is 1.42 bits per heavy atom. The van der Waals surface area contributed by atoms with Crippen LogP contribution < -0.4 is 10.9 Å². The number of aryl methyl sites for hydroxylation is 1. The van der Waals surface area contributed by atoms with Gasteiger partial charge in [0.2, 0.25) is 0 Å². The number of hydrogen-bond donors (Lipinski definition) is 2. The molecular formula is C15H18N6O3. The molecule has 0 spiro atoms. The van der Waals surface area contributed by atoms with Crippen LogP contribution in [-0.4, -0.2) is 49.8 Å². The summed E-state index contributed by atoms with van der Waals surface area (Å²) in [5.41, 5.74) is -0.387. The van der Waals surface area contributed by atoms with Crippen LogP contribution in [0.3, 0.4) is 0 Å². The quantitative estimate of drug-likeness (QED) is 0.812. The normalized spacial score (nSPS) is 17.1. The summed E-state index contributed by atoms with van der Waals surface area (Å²) in [6.45, 7) is 0.546. The van der Waals surface area contributed by atoms with Gasteiger partial charge in [0.15, 0.2) is 5.82 Å². The van der Waals surface area contributed by atoms with Crippen molar-refractivity contribution in [1.82, 2.24) is 29.7 Å². The first-order valence-corrected chi connectivity index (χ1v) is 7.63. The van der Waals surface area contributed by atoms with Gasteiger partial charge in [0.1, 0.15) is 11.5 Å². The number of imidazole rings is 1. The zero-order chi connectivity index (χ0) is 17.3. The minimum Gasteiger partial charge on any atom is -0.354 e. The van der Waals surface area contributed by atoms with E-state index in [-0.39, 0.29) is 17.6 Å². The van der Waals surface area contributed by atoms with Gasteiger partial charge in [-0.2, -0.15) is 0 Å². The van der Waals surface area contributed by atoms with E-state index in [9.17, 15) is 14.4 Å². The number of likely N-dealkylation sites (tertiary alicyclic amines) is 1. The zero-order valence-corrected chi connectivity index (χ0v) is 13.4. The van der Waals surface area contributed by atoms with E-state index in [1.807, 2.05) is 0 Å². The van der Waals surface area contributed by atoms with Crippen molar-refractivity contribution >= 4 is 11.8 Å². The van der Waals surface area contributed by atoms with Gasteiger partial charge in [-0.25, -0.2) is 9.97 Å². The van der Waals surface area contributed by atoms with E-state index in [1.54, 1.807) is 28.9 Å². The molecule has 2 aromatic rings. The lowest BCUT2D eigenvalue weighted by atomic mass is 10.2. The van der Waals surface area contributed by atoms with Crippen LogP contribution >= 0.6 is 0 Å². The van der Waals surface area contributed by atoms with Crippen molar-refractivity contribution in [3.63, 3.8) is 0 Å². The van der Waals surface area contributed by atoms with Crippen molar-refractivity contribution in [2.45, 2.75) is 18.9 Å². The maximum atomic E-state index is 12.7. The van der Waals surface area contributed by atoms with Crippen molar-refractivity contribution in [3.05, 3.63) is 46.2 Å². The van der Waals surface area contributed by atoms with E-state index in [4.69, 9.17) is 0 Å². The molecule has 0 aromatic carbocycles. The molecular weight excluding hydrogens is 312 g/mol. The molecule has 1 atom stereocenters. The molecule has 0 saturated carbocycles. The highest BCUT2D eigenvalue weighted by Crippen LogP contribution is 2.30. The van der Waals surface area contributed by atoms with E-state index >= 15 is 0 Å². The van der Waals surface area contributed by atoms with Gasteiger partial charge in [-0.1, -0.05) is 0 Å². The summed E-state index contributed by atoms with van der Waals surface area (Å²) in [5, 5.41) is 2.44. The van der Waals surface area contributed by atoms with Gasteiger partial charge in [-0.3, -0.25) is 14.4 Å². The molecule has 126 valence electrons. The molecule has 1 fully saturated rings. The number of rotatable bonds is 3. The molecule has 1 aliphatic rings. The Hall–Kier alpha value is -2.97. The lowest BCUT2D eigenvalue weighted by Gasteiger charge is -2.23. The van der Waals surface area contributed by atoms with Crippen molar-refractivity contribution in [2.24, 2.45) is 7.05 Å². The fourth-order valence-corrected chi connectivity index (χ4v) is 2.87. The Morgan fingerprint density at radius 3 is 2.88 bits per heavy atom. The second kappa shape index (κ2) is 6.26. The zero-order valence-electron chi connectivity index (χ0n) is 13.4. The van der Waals surface area contributed by atoms with Crippen molar-refractivity contribution in [1.29, 1.82) is 0 Å². The Morgan fingerprint density at radius 2 is 2.21 bits per heavy atom. The predicted molar refractivity (Wildman–Crippen MR) is 84.5 cm³/mol. The maximum Gasteiger partial charge on any atom is 0.290 e. The number of hydrogen-bond acceptors (Lipinski definition) is 5. The van der Waals surface area contributed by atoms with Gasteiger partial charge in [0, 0.05) is 39.1 Å². The summed E-state index contributed by atoms with van der Waals surface area (Å²) in [4.78, 5) is 48.9. The standard InChI is InChI=1S/C15H18N6O3/c1-16-14(23)9-8-11(22)19-12(18-9)10-4-3-6-21(10)15(24)13-17-5-7-20(13)2/h5,7-8,10H,3-4,6H2,1-2H3,(H,16,23)(H,18,19,22). The highest BCUT2D eigenvalue weighted by atomic mass is 16.2. The van der Waals surface area contributed by atoms with Crippen LogP contribution in [0.25, 0.3) is 0 Å². The summed E-state index contributed by atoms with van der Waals surface area (Å²) in [5.74, 6) is -0.0202. The van der Waals surface area contributed by atoms with Crippen molar-refractivity contribution in [3.8, 4) is 0 Å². The molecule has 0 bridgehead atoms. The van der Waals surface area contributed by atoms with E-state index in [0.29, 0.717) is 24.6 Å². The Labute approximate surface area is 137 Å². The number of carbonyl (C=O) groups excluding carboxylic acids is 2. The van der Waals surface area contributed by atoms with Crippen molar-refractivity contribution in [2.75, 3.05) is 13.6 Å². The number of amides is 2. The molecule has 1 unspecified atom stereocenters. The van der Waals surface area contributed by atoms with Crippen LogP contribution in [0.2, 0.25) is 0 Å². The van der Waals surface area contributed by atoms with Gasteiger partial charge >= 0.3 is 0 Å². The minimum atomic E-state index is -0.442. The summed E-state index contributed by atoms with van der Waals surface area (Å²) in [6.07, 6.45) is 4.71. The van der Waals surface area contributed by atoms with Gasteiger partial charge in [-0.15, -0.1) is 0 Å². The molecule has 24 heavy (non-hydrogen) atoms.